The molecule has 1 aromatic carbocycles. The highest BCUT2D eigenvalue weighted by atomic mass is 80.0. The van der Waals surface area contributed by atoms with Gasteiger partial charge < -0.3 is 12.6 Å². The van der Waals surface area contributed by atoms with Crippen LogP contribution < -0.4 is 12.6 Å². The molecule has 1 aromatic heterocycles. The average Bonchev–Trinajstić information content (AvgIpc) is 2.86. The Bertz CT molecular complexity index is 676. The van der Waals surface area contributed by atoms with Gasteiger partial charge in [-0.1, -0.05) is 25.3 Å². The van der Waals surface area contributed by atoms with Crippen LogP contribution in [0.3, 0.4) is 0 Å². The van der Waals surface area contributed by atoms with E-state index in [1.807, 2.05) is 25.1 Å². The Balaban J connectivity index is 0.000000471. The summed E-state index contributed by atoms with van der Waals surface area (Å²) in [5.41, 5.74) is -3.24. The summed E-state index contributed by atoms with van der Waals surface area (Å²) in [7, 11) is -1.70. The van der Waals surface area contributed by atoms with Crippen molar-refractivity contribution in [2.45, 2.75) is 50.5 Å². The van der Waals surface area contributed by atoms with Gasteiger partial charge in [0.05, 0.1) is 10.5 Å². The molecule has 0 aliphatic heterocycles. The lowest BCUT2D eigenvalue weighted by Crippen LogP contribution is -2.42. The summed E-state index contributed by atoms with van der Waals surface area (Å²) >= 11 is -3.65. The molecule has 0 N–H and O–H groups in total. The Hall–Kier alpha value is -0.670. The number of benzene rings is 1. The fraction of sp³-hybridized carbons (Fsp3) is 0.500. The van der Waals surface area contributed by atoms with Crippen molar-refractivity contribution in [1.82, 2.24) is 0 Å². The molecule has 134 valence electrons. The van der Waals surface area contributed by atoms with Crippen LogP contribution in [0.25, 0.3) is 10.1 Å². The fourth-order valence-electron chi connectivity index (χ4n) is 3.21. The van der Waals surface area contributed by atoms with Crippen molar-refractivity contribution >= 4 is 20.6 Å². The predicted octanol–water partition coefficient (Wildman–Crippen LogP) is 2.85. The second kappa shape index (κ2) is 8.14. The van der Waals surface area contributed by atoms with E-state index in [9.17, 15) is 13.2 Å². The Morgan fingerprint density at radius 3 is 2.17 bits per heavy atom. The number of halogens is 4. The van der Waals surface area contributed by atoms with Crippen molar-refractivity contribution in [2.75, 3.05) is 0 Å². The molecule has 1 saturated carbocycles. The van der Waals surface area contributed by atoms with E-state index in [-0.39, 0.29) is 5.92 Å². The monoisotopic (exact) mass is 426 g/mol. The normalized spacial score (nSPS) is 17.1. The molecule has 3 nitrogen and oxygen atoms in total. The Kier molecular flexibility index (Phi) is 6.66. The first-order chi connectivity index (χ1) is 11.2. The van der Waals surface area contributed by atoms with Crippen LogP contribution in [0.1, 0.15) is 48.5 Å². The molecule has 1 fully saturated rings. The van der Waals surface area contributed by atoms with Crippen LogP contribution in [0.15, 0.2) is 24.3 Å². The van der Waals surface area contributed by atoms with Gasteiger partial charge in [0.25, 0.3) is 0 Å². The van der Waals surface area contributed by atoms with Crippen LogP contribution >= 0.6 is 10.5 Å². The second-order valence-electron chi connectivity index (χ2n) is 5.86. The van der Waals surface area contributed by atoms with Gasteiger partial charge >= 0.3 is 5.51 Å². The molecule has 3 rings (SSSR count). The summed E-state index contributed by atoms with van der Waals surface area (Å²) in [4.78, 5) is 0.637. The van der Waals surface area contributed by atoms with E-state index >= 15 is 0 Å². The van der Waals surface area contributed by atoms with Gasteiger partial charge in [-0.05, 0) is 31.4 Å². The van der Waals surface area contributed by atoms with E-state index in [4.69, 9.17) is 12.6 Å². The predicted molar refractivity (Wildman–Crippen MR) is 78.3 cm³/mol. The smallest absolute Gasteiger partial charge is 0.405 e. The maximum atomic E-state index is 13.5. The molecule has 0 amide bonds. The van der Waals surface area contributed by atoms with Crippen molar-refractivity contribution in [3.8, 4) is 0 Å². The average molecular weight is 427 g/mol. The summed E-state index contributed by atoms with van der Waals surface area (Å²) in [6, 6.07) is 7.28. The molecular weight excluding hydrogens is 409 g/mol. The van der Waals surface area contributed by atoms with Crippen LogP contribution in [-0.4, -0.2) is 0 Å². The number of fused-ring (bicyclic) bond motifs is 1. The first-order valence-corrected chi connectivity index (χ1v) is 10.7. The first-order valence-electron chi connectivity index (χ1n) is 7.56. The highest BCUT2D eigenvalue weighted by molar-refractivity contribution is 7.38. The number of aryl methyl sites for hydroxylation is 1. The third-order valence-corrected chi connectivity index (χ3v) is 6.34. The zero-order chi connectivity index (χ0) is 17.9. The first kappa shape index (κ1) is 19.7. The van der Waals surface area contributed by atoms with Crippen LogP contribution in [0.4, 0.5) is 13.2 Å². The van der Waals surface area contributed by atoms with Crippen LogP contribution in [-0.2, 0) is 5.51 Å². The fourth-order valence-corrected chi connectivity index (χ4v) is 5.46. The van der Waals surface area contributed by atoms with Crippen molar-refractivity contribution in [3.63, 3.8) is 0 Å². The summed E-state index contributed by atoms with van der Waals surface area (Å²) in [6.07, 6.45) is 5.12. The number of hydrogen-bond donors (Lipinski definition) is 0. The molecular formula is C16H18BrF3O3S. The molecule has 0 saturated heterocycles. The van der Waals surface area contributed by atoms with E-state index in [1.165, 1.54) is 0 Å². The zero-order valence-electron chi connectivity index (χ0n) is 13.1. The van der Waals surface area contributed by atoms with E-state index in [2.05, 4.69) is 0 Å². The summed E-state index contributed by atoms with van der Waals surface area (Å²) in [5.74, 6) is 0.126. The highest BCUT2D eigenvalue weighted by Crippen LogP contribution is 2.55. The molecule has 8 heteroatoms. The van der Waals surface area contributed by atoms with Crippen LogP contribution in [0.5, 0.6) is 0 Å². The second-order valence-corrected chi connectivity index (χ2v) is 8.64. The minimum absolute atomic E-state index is 0.126. The van der Waals surface area contributed by atoms with Gasteiger partial charge in [-0.25, -0.2) is 0 Å². The third kappa shape index (κ3) is 4.92. The summed E-state index contributed by atoms with van der Waals surface area (Å²) in [6.45, 7) is 1.86. The molecule has 1 atom stereocenters. The lowest BCUT2D eigenvalue weighted by molar-refractivity contribution is -1.73. The molecule has 1 unspecified atom stereocenters. The standard InChI is InChI=1S/C16H18F3S.BrO3/c1-11-7-8-13-10-15(12-5-3-2-4-6-12)20(14(13)9-11)16(17,18)19;2-1(3)4/h7-10,12H,2-6H2,1H3;/q+1;-1. The van der Waals surface area contributed by atoms with Crippen molar-refractivity contribution < 1.29 is 40.6 Å². The lowest BCUT2D eigenvalue weighted by Gasteiger charge is -2.18. The Morgan fingerprint density at radius 2 is 1.62 bits per heavy atom. The van der Waals surface area contributed by atoms with Crippen molar-refractivity contribution in [1.29, 1.82) is 0 Å². The zero-order valence-corrected chi connectivity index (χ0v) is 15.5. The van der Waals surface area contributed by atoms with Gasteiger partial charge in [0, 0.05) is 23.4 Å². The van der Waals surface area contributed by atoms with Gasteiger partial charge in [-0.2, -0.15) is 0 Å². The van der Waals surface area contributed by atoms with E-state index in [0.29, 0.717) is 9.58 Å². The minimum Gasteiger partial charge on any atom is -0.405 e. The van der Waals surface area contributed by atoms with Crippen LogP contribution in [0, 0.1) is 21.7 Å². The number of thiophene rings is 1. The molecule has 0 spiro atoms. The molecule has 1 aliphatic rings. The van der Waals surface area contributed by atoms with E-state index in [1.54, 1.807) is 6.07 Å². The highest BCUT2D eigenvalue weighted by Gasteiger charge is 2.49. The maximum absolute atomic E-state index is 13.5. The summed E-state index contributed by atoms with van der Waals surface area (Å²) < 4.78 is 66.7. The van der Waals surface area contributed by atoms with Gasteiger partial charge in [0.2, 0.25) is 14.8 Å². The maximum Gasteiger partial charge on any atom is 0.600 e. The van der Waals surface area contributed by atoms with E-state index < -0.39 is 30.8 Å². The Morgan fingerprint density at radius 1 is 1.04 bits per heavy atom. The number of rotatable bonds is 1. The van der Waals surface area contributed by atoms with Crippen molar-refractivity contribution in [3.05, 3.63) is 34.7 Å². The molecule has 2 aromatic rings. The van der Waals surface area contributed by atoms with E-state index in [0.717, 1.165) is 43.1 Å². The molecule has 1 aliphatic carbocycles. The topological polar surface area (TPSA) is 69.2 Å². The quantitative estimate of drug-likeness (QED) is 0.658. The van der Waals surface area contributed by atoms with Gasteiger partial charge in [0.1, 0.15) is 0 Å². The molecule has 24 heavy (non-hydrogen) atoms. The molecule has 0 radical (unpaired) electrons. The number of alkyl halides is 3. The SMILES string of the molecule is Cc1ccc2cc(C3CCCCC3)[s+](C(F)(F)F)c2c1.[O-][Br+2]([O-])[O-]. The van der Waals surface area contributed by atoms with Gasteiger partial charge in [-0.15, -0.1) is 13.2 Å². The molecule has 0 bridgehead atoms. The van der Waals surface area contributed by atoms with Gasteiger partial charge in [-0.3, -0.25) is 0 Å². The van der Waals surface area contributed by atoms with Crippen LogP contribution in [0.2, 0.25) is 0 Å². The minimum atomic E-state index is -4.15. The van der Waals surface area contributed by atoms with Crippen molar-refractivity contribution in [2.24, 2.45) is 0 Å². The Labute approximate surface area is 146 Å². The largest absolute Gasteiger partial charge is 0.600 e. The summed E-state index contributed by atoms with van der Waals surface area (Å²) in [5, 5.41) is 0.775. The van der Waals surface area contributed by atoms with Gasteiger partial charge in [0.15, 0.2) is 9.58 Å². The molecule has 1 heterocycles. The third-order valence-electron chi connectivity index (χ3n) is 4.16. The lowest BCUT2D eigenvalue weighted by atomic mass is 9.88. The number of hydrogen-bond acceptors (Lipinski definition) is 3.